The van der Waals surface area contributed by atoms with E-state index in [0.29, 0.717) is 25.3 Å². The van der Waals surface area contributed by atoms with Gasteiger partial charge in [0, 0.05) is 32.4 Å². The highest BCUT2D eigenvalue weighted by Gasteiger charge is 2.23. The van der Waals surface area contributed by atoms with E-state index in [0.717, 1.165) is 30.6 Å². The predicted octanol–water partition coefficient (Wildman–Crippen LogP) is 3.84. The van der Waals surface area contributed by atoms with E-state index in [2.05, 4.69) is 0 Å². The average molecular weight is 357 g/mol. The Hall–Kier alpha value is -2.56. The molecule has 0 spiro atoms. The molecule has 0 bridgehead atoms. The van der Waals surface area contributed by atoms with Gasteiger partial charge in [-0.15, -0.1) is 0 Å². The normalized spacial score (nSPS) is 14.9. The summed E-state index contributed by atoms with van der Waals surface area (Å²) in [6, 6.07) is 13.9. The van der Waals surface area contributed by atoms with E-state index in [4.69, 9.17) is 9.47 Å². The van der Waals surface area contributed by atoms with Gasteiger partial charge in [-0.25, -0.2) is 4.39 Å². The van der Waals surface area contributed by atoms with Gasteiger partial charge in [-0.1, -0.05) is 12.1 Å². The Kier molecular flexibility index (Phi) is 6.10. The van der Waals surface area contributed by atoms with Gasteiger partial charge in [0.05, 0.1) is 7.11 Å². The summed E-state index contributed by atoms with van der Waals surface area (Å²) in [4.78, 5) is 14.3. The van der Waals surface area contributed by atoms with Crippen molar-refractivity contribution in [3.05, 3.63) is 59.9 Å². The third-order valence-corrected chi connectivity index (χ3v) is 4.70. The van der Waals surface area contributed by atoms with Gasteiger partial charge in [0.15, 0.2) is 0 Å². The summed E-state index contributed by atoms with van der Waals surface area (Å²) in [5.74, 6) is 1.41. The second-order valence-electron chi connectivity index (χ2n) is 6.50. The number of nitrogens with zero attached hydrogens (tertiary/aromatic N) is 1. The minimum atomic E-state index is -0.269. The molecule has 26 heavy (non-hydrogen) atoms. The zero-order chi connectivity index (χ0) is 18.4. The van der Waals surface area contributed by atoms with E-state index < -0.39 is 0 Å². The first kappa shape index (κ1) is 18.2. The van der Waals surface area contributed by atoms with Crippen LogP contribution >= 0.6 is 0 Å². The van der Waals surface area contributed by atoms with E-state index in [1.54, 1.807) is 19.2 Å². The van der Waals surface area contributed by atoms with Crippen LogP contribution in [0.25, 0.3) is 0 Å². The molecule has 138 valence electrons. The molecule has 0 saturated carbocycles. The van der Waals surface area contributed by atoms with Crippen molar-refractivity contribution in [2.45, 2.75) is 31.8 Å². The van der Waals surface area contributed by atoms with Crippen molar-refractivity contribution >= 4 is 5.91 Å². The molecule has 0 unspecified atom stereocenters. The summed E-state index contributed by atoms with van der Waals surface area (Å²) < 4.78 is 23.9. The van der Waals surface area contributed by atoms with Crippen molar-refractivity contribution in [2.24, 2.45) is 0 Å². The number of ether oxygens (including phenoxy) is 2. The number of likely N-dealkylation sites (tertiary alicyclic amines) is 1. The fourth-order valence-electron chi connectivity index (χ4n) is 3.13. The summed E-state index contributed by atoms with van der Waals surface area (Å²) in [5, 5.41) is 0. The molecular formula is C21H24FNO3. The van der Waals surface area contributed by atoms with Crippen LogP contribution in [-0.2, 0) is 11.2 Å². The summed E-state index contributed by atoms with van der Waals surface area (Å²) in [6.07, 6.45) is 2.91. The molecule has 1 amide bonds. The number of carbonyl (C=O) groups is 1. The fraction of sp³-hybridized carbons (Fsp3) is 0.381. The van der Waals surface area contributed by atoms with E-state index in [1.807, 2.05) is 29.2 Å². The number of hydrogen-bond acceptors (Lipinski definition) is 3. The molecule has 5 heteroatoms. The van der Waals surface area contributed by atoms with Crippen molar-refractivity contribution < 1.29 is 18.7 Å². The van der Waals surface area contributed by atoms with Crippen LogP contribution in [0, 0.1) is 5.82 Å². The number of hydrogen-bond donors (Lipinski definition) is 0. The lowest BCUT2D eigenvalue weighted by molar-refractivity contribution is -0.132. The number of benzene rings is 2. The van der Waals surface area contributed by atoms with Crippen molar-refractivity contribution in [1.82, 2.24) is 4.90 Å². The summed E-state index contributed by atoms with van der Waals surface area (Å²) in [5.41, 5.74) is 1.13. The standard InChI is InChI=1S/C21H24FNO3/c1-25-18-7-2-16(3-8-18)4-11-21(24)23-14-12-20(13-15-23)26-19-9-5-17(22)6-10-19/h2-3,5-10,20H,4,11-15H2,1H3. The Balaban J connectivity index is 1.42. The number of amides is 1. The van der Waals surface area contributed by atoms with E-state index >= 15 is 0 Å². The molecule has 2 aromatic rings. The van der Waals surface area contributed by atoms with Crippen LogP contribution in [0.5, 0.6) is 11.5 Å². The molecule has 4 nitrogen and oxygen atoms in total. The highest BCUT2D eigenvalue weighted by atomic mass is 19.1. The Morgan fingerprint density at radius 2 is 1.65 bits per heavy atom. The molecule has 0 atom stereocenters. The summed E-state index contributed by atoms with van der Waals surface area (Å²) in [6.45, 7) is 1.40. The lowest BCUT2D eigenvalue weighted by atomic mass is 10.1. The third-order valence-electron chi connectivity index (χ3n) is 4.70. The van der Waals surface area contributed by atoms with Crippen LogP contribution in [0.15, 0.2) is 48.5 Å². The number of aryl methyl sites for hydroxylation is 1. The van der Waals surface area contributed by atoms with Gasteiger partial charge < -0.3 is 14.4 Å². The second-order valence-corrected chi connectivity index (χ2v) is 6.50. The zero-order valence-corrected chi connectivity index (χ0v) is 15.0. The number of piperidine rings is 1. The topological polar surface area (TPSA) is 38.8 Å². The molecule has 1 aliphatic heterocycles. The van der Waals surface area contributed by atoms with E-state index in [-0.39, 0.29) is 17.8 Å². The lowest BCUT2D eigenvalue weighted by Crippen LogP contribution is -2.41. The monoisotopic (exact) mass is 357 g/mol. The molecule has 0 N–H and O–H groups in total. The first-order chi connectivity index (χ1) is 12.6. The number of rotatable bonds is 6. The van der Waals surface area contributed by atoms with Crippen LogP contribution in [0.1, 0.15) is 24.8 Å². The molecular weight excluding hydrogens is 333 g/mol. The Morgan fingerprint density at radius 1 is 1.04 bits per heavy atom. The molecule has 0 aromatic heterocycles. The second kappa shape index (κ2) is 8.70. The quantitative estimate of drug-likeness (QED) is 0.789. The lowest BCUT2D eigenvalue weighted by Gasteiger charge is -2.32. The van der Waals surface area contributed by atoms with Gasteiger partial charge in [-0.2, -0.15) is 0 Å². The average Bonchev–Trinajstić information content (AvgIpc) is 2.69. The van der Waals surface area contributed by atoms with Crippen LogP contribution in [-0.4, -0.2) is 37.1 Å². The highest BCUT2D eigenvalue weighted by molar-refractivity contribution is 5.76. The molecule has 3 rings (SSSR count). The summed E-state index contributed by atoms with van der Waals surface area (Å²) in [7, 11) is 1.64. The van der Waals surface area contributed by atoms with Gasteiger partial charge in [0.25, 0.3) is 0 Å². The Morgan fingerprint density at radius 3 is 2.27 bits per heavy atom. The minimum Gasteiger partial charge on any atom is -0.497 e. The number of methoxy groups -OCH3 is 1. The van der Waals surface area contributed by atoms with Gasteiger partial charge >= 0.3 is 0 Å². The highest BCUT2D eigenvalue weighted by Crippen LogP contribution is 2.20. The fourth-order valence-corrected chi connectivity index (χ4v) is 3.13. The van der Waals surface area contributed by atoms with Crippen LogP contribution in [0.3, 0.4) is 0 Å². The first-order valence-electron chi connectivity index (χ1n) is 8.97. The summed E-state index contributed by atoms with van der Waals surface area (Å²) >= 11 is 0. The maximum Gasteiger partial charge on any atom is 0.222 e. The molecule has 1 fully saturated rings. The zero-order valence-electron chi connectivity index (χ0n) is 15.0. The van der Waals surface area contributed by atoms with E-state index in [1.165, 1.54) is 12.1 Å². The molecule has 0 radical (unpaired) electrons. The van der Waals surface area contributed by atoms with Crippen molar-refractivity contribution in [3.63, 3.8) is 0 Å². The van der Waals surface area contributed by atoms with Gasteiger partial charge in [-0.05, 0) is 48.4 Å². The predicted molar refractivity (Wildman–Crippen MR) is 97.9 cm³/mol. The van der Waals surface area contributed by atoms with Crippen LogP contribution in [0.4, 0.5) is 4.39 Å². The SMILES string of the molecule is COc1ccc(CCC(=O)N2CCC(Oc3ccc(F)cc3)CC2)cc1. The van der Waals surface area contributed by atoms with Crippen LogP contribution in [0.2, 0.25) is 0 Å². The van der Waals surface area contributed by atoms with Crippen molar-refractivity contribution in [3.8, 4) is 11.5 Å². The largest absolute Gasteiger partial charge is 0.497 e. The third kappa shape index (κ3) is 4.97. The molecule has 1 saturated heterocycles. The van der Waals surface area contributed by atoms with Crippen molar-refractivity contribution in [1.29, 1.82) is 0 Å². The molecule has 1 heterocycles. The van der Waals surface area contributed by atoms with Crippen molar-refractivity contribution in [2.75, 3.05) is 20.2 Å². The molecule has 1 aliphatic rings. The van der Waals surface area contributed by atoms with Gasteiger partial charge in [-0.3, -0.25) is 4.79 Å². The maximum absolute atomic E-state index is 12.9. The molecule has 0 aliphatic carbocycles. The maximum atomic E-state index is 12.9. The Labute approximate surface area is 153 Å². The van der Waals surface area contributed by atoms with Gasteiger partial charge in [0.2, 0.25) is 5.91 Å². The number of carbonyl (C=O) groups excluding carboxylic acids is 1. The number of halogens is 1. The van der Waals surface area contributed by atoms with Gasteiger partial charge in [0.1, 0.15) is 23.4 Å². The molecule has 2 aromatic carbocycles. The Bertz CT molecular complexity index is 707. The van der Waals surface area contributed by atoms with E-state index in [9.17, 15) is 9.18 Å². The smallest absolute Gasteiger partial charge is 0.222 e. The van der Waals surface area contributed by atoms with Crippen LogP contribution < -0.4 is 9.47 Å². The first-order valence-corrected chi connectivity index (χ1v) is 8.97. The minimum absolute atomic E-state index is 0.0751.